The van der Waals surface area contributed by atoms with Crippen molar-refractivity contribution in [2.45, 2.75) is 27.3 Å². The molecule has 0 saturated heterocycles. The van der Waals surface area contributed by atoms with Gasteiger partial charge >= 0.3 is 5.97 Å². The maximum atomic E-state index is 11.7. The lowest BCUT2D eigenvalue weighted by Gasteiger charge is -2.03. The smallest absolute Gasteiger partial charge is 0.349 e. The van der Waals surface area contributed by atoms with Crippen LogP contribution in [0.4, 0.5) is 0 Å². The van der Waals surface area contributed by atoms with Gasteiger partial charge in [-0.1, -0.05) is 0 Å². The first-order valence-electron chi connectivity index (χ1n) is 8.59. The van der Waals surface area contributed by atoms with E-state index in [-0.39, 0.29) is 5.97 Å². The molecule has 8 heteroatoms. The van der Waals surface area contributed by atoms with E-state index in [0.29, 0.717) is 4.88 Å². The fourth-order valence-electron chi connectivity index (χ4n) is 3.30. The zero-order valence-electron chi connectivity index (χ0n) is 15.6. The molecule has 7 nitrogen and oxygen atoms in total. The second-order valence-corrected chi connectivity index (χ2v) is 7.22. The molecule has 0 aromatic carbocycles. The molecule has 0 spiro atoms. The lowest BCUT2D eigenvalue weighted by atomic mass is 10.0. The van der Waals surface area contributed by atoms with Crippen LogP contribution in [0, 0.1) is 13.8 Å². The Balaban J connectivity index is 1.84. The summed E-state index contributed by atoms with van der Waals surface area (Å²) in [6.45, 7) is 7.01. The summed E-state index contributed by atoms with van der Waals surface area (Å²) >= 11 is 1.31. The minimum atomic E-state index is -0.372. The molecule has 0 aliphatic carbocycles. The number of rotatable bonds is 4. The van der Waals surface area contributed by atoms with Crippen molar-refractivity contribution in [3.05, 3.63) is 47.0 Å². The Hall–Kier alpha value is -3.00. The van der Waals surface area contributed by atoms with Gasteiger partial charge in [-0.05, 0) is 32.9 Å². The number of pyridine rings is 1. The third kappa shape index (κ3) is 2.82. The number of hydrogen-bond donors (Lipinski definition) is 0. The highest BCUT2D eigenvalue weighted by Crippen LogP contribution is 2.33. The normalized spacial score (nSPS) is 11.3. The summed E-state index contributed by atoms with van der Waals surface area (Å²) in [6.07, 6.45) is 5.33. The summed E-state index contributed by atoms with van der Waals surface area (Å²) in [7, 11) is 1.37. The van der Waals surface area contributed by atoms with Gasteiger partial charge in [-0.2, -0.15) is 10.2 Å². The topological polar surface area (TPSA) is 74.3 Å². The Morgan fingerprint density at radius 2 is 2.11 bits per heavy atom. The zero-order valence-corrected chi connectivity index (χ0v) is 16.4. The van der Waals surface area contributed by atoms with Crippen LogP contribution in [-0.2, 0) is 11.3 Å². The number of nitrogens with zero attached hydrogens (tertiary/aromatic N) is 5. The molecule has 0 atom stereocenters. The number of carbonyl (C=O) groups excluding carboxylic acids is 1. The monoisotopic (exact) mass is 381 g/mol. The van der Waals surface area contributed by atoms with Crippen LogP contribution < -0.4 is 0 Å². The molecular formula is C19H19N5O2S. The van der Waals surface area contributed by atoms with Gasteiger partial charge in [0.25, 0.3) is 0 Å². The predicted molar refractivity (Wildman–Crippen MR) is 104 cm³/mol. The van der Waals surface area contributed by atoms with Crippen LogP contribution in [0.2, 0.25) is 0 Å². The largest absolute Gasteiger partial charge is 0.465 e. The van der Waals surface area contributed by atoms with E-state index in [1.54, 1.807) is 6.20 Å². The van der Waals surface area contributed by atoms with Crippen molar-refractivity contribution in [1.82, 2.24) is 24.4 Å². The molecule has 0 N–H and O–H groups in total. The van der Waals surface area contributed by atoms with Crippen molar-refractivity contribution < 1.29 is 9.53 Å². The van der Waals surface area contributed by atoms with Crippen LogP contribution in [0.5, 0.6) is 0 Å². The number of aryl methyl sites for hydroxylation is 2. The van der Waals surface area contributed by atoms with Crippen LogP contribution in [0.15, 0.2) is 30.7 Å². The van der Waals surface area contributed by atoms with E-state index in [1.165, 1.54) is 18.4 Å². The first-order chi connectivity index (χ1) is 13.0. The van der Waals surface area contributed by atoms with E-state index in [4.69, 9.17) is 4.74 Å². The summed E-state index contributed by atoms with van der Waals surface area (Å²) in [5, 5.41) is 9.87. The molecule has 4 aromatic rings. The van der Waals surface area contributed by atoms with Crippen molar-refractivity contribution in [3.63, 3.8) is 0 Å². The standard InChI is InChI=1S/C19H19N5O2S/c1-5-23-12(3)17(11(2)22-23)14-9-21-24-7-6-13(8-15(14)24)18-20-10-16(27-18)19(25)26-4/h6-10H,5H2,1-4H3. The van der Waals surface area contributed by atoms with E-state index in [9.17, 15) is 4.79 Å². The summed E-state index contributed by atoms with van der Waals surface area (Å²) in [5.41, 5.74) is 6.16. The lowest BCUT2D eigenvalue weighted by Crippen LogP contribution is -1.98. The van der Waals surface area contributed by atoms with Gasteiger partial charge in [0, 0.05) is 35.1 Å². The average Bonchev–Trinajstić information content (AvgIpc) is 3.38. The van der Waals surface area contributed by atoms with Gasteiger partial charge in [-0.3, -0.25) is 4.68 Å². The highest BCUT2D eigenvalue weighted by atomic mass is 32.1. The molecule has 0 aliphatic heterocycles. The van der Waals surface area contributed by atoms with Gasteiger partial charge < -0.3 is 4.74 Å². The third-order valence-corrected chi connectivity index (χ3v) is 5.64. The fraction of sp³-hybridized carbons (Fsp3) is 0.263. The Morgan fingerprint density at radius 3 is 2.81 bits per heavy atom. The van der Waals surface area contributed by atoms with E-state index >= 15 is 0 Å². The molecule has 0 fully saturated rings. The Morgan fingerprint density at radius 1 is 1.30 bits per heavy atom. The van der Waals surface area contributed by atoms with Gasteiger partial charge in [-0.25, -0.2) is 14.3 Å². The minimum Gasteiger partial charge on any atom is -0.465 e. The van der Waals surface area contributed by atoms with Crippen molar-refractivity contribution in [1.29, 1.82) is 0 Å². The molecule has 0 bridgehead atoms. The van der Waals surface area contributed by atoms with Crippen molar-refractivity contribution in [3.8, 4) is 21.7 Å². The van der Waals surface area contributed by atoms with Gasteiger partial charge in [0.1, 0.15) is 9.88 Å². The molecular weight excluding hydrogens is 362 g/mol. The number of carbonyl (C=O) groups is 1. The molecule has 0 unspecified atom stereocenters. The highest BCUT2D eigenvalue weighted by molar-refractivity contribution is 7.16. The number of ether oxygens (including phenoxy) is 1. The van der Waals surface area contributed by atoms with E-state index in [0.717, 1.165) is 45.1 Å². The van der Waals surface area contributed by atoms with Crippen molar-refractivity contribution >= 4 is 22.8 Å². The summed E-state index contributed by atoms with van der Waals surface area (Å²) < 4.78 is 8.61. The summed E-state index contributed by atoms with van der Waals surface area (Å²) in [4.78, 5) is 16.6. The Kier molecular flexibility index (Phi) is 4.27. The number of aromatic nitrogens is 5. The maximum absolute atomic E-state index is 11.7. The van der Waals surface area contributed by atoms with E-state index < -0.39 is 0 Å². The second-order valence-electron chi connectivity index (χ2n) is 6.19. The number of methoxy groups -OCH3 is 1. The molecule has 0 aliphatic rings. The van der Waals surface area contributed by atoms with Crippen molar-refractivity contribution in [2.24, 2.45) is 0 Å². The number of fused-ring (bicyclic) bond motifs is 1. The van der Waals surface area contributed by atoms with Crippen LogP contribution in [0.3, 0.4) is 0 Å². The number of esters is 1. The summed E-state index contributed by atoms with van der Waals surface area (Å²) in [6, 6.07) is 3.99. The average molecular weight is 381 g/mol. The number of hydrogen-bond acceptors (Lipinski definition) is 6. The van der Waals surface area contributed by atoms with E-state index in [2.05, 4.69) is 29.0 Å². The van der Waals surface area contributed by atoms with Crippen LogP contribution >= 0.6 is 11.3 Å². The van der Waals surface area contributed by atoms with Crippen LogP contribution in [0.1, 0.15) is 28.0 Å². The van der Waals surface area contributed by atoms with Gasteiger partial charge in [0.2, 0.25) is 0 Å². The quantitative estimate of drug-likeness (QED) is 0.503. The third-order valence-electron chi connectivity index (χ3n) is 4.61. The second kappa shape index (κ2) is 6.62. The molecule has 4 heterocycles. The molecule has 4 aromatic heterocycles. The minimum absolute atomic E-state index is 0.372. The molecule has 138 valence electrons. The first kappa shape index (κ1) is 17.4. The Labute approximate surface area is 160 Å². The zero-order chi connectivity index (χ0) is 19.1. The van der Waals surface area contributed by atoms with Crippen LogP contribution in [0.25, 0.3) is 27.2 Å². The first-order valence-corrected chi connectivity index (χ1v) is 9.41. The summed E-state index contributed by atoms with van der Waals surface area (Å²) in [5.74, 6) is -0.372. The molecule has 0 saturated carbocycles. The SMILES string of the molecule is CCn1nc(C)c(-c2cnn3ccc(-c4ncc(C(=O)OC)s4)cc23)c1C. The lowest BCUT2D eigenvalue weighted by molar-refractivity contribution is 0.0606. The van der Waals surface area contributed by atoms with Gasteiger partial charge in [0.15, 0.2) is 0 Å². The number of thiazole rings is 1. The van der Waals surface area contributed by atoms with Gasteiger partial charge in [0.05, 0.1) is 30.7 Å². The van der Waals surface area contributed by atoms with Crippen molar-refractivity contribution in [2.75, 3.05) is 7.11 Å². The van der Waals surface area contributed by atoms with Gasteiger partial charge in [-0.15, -0.1) is 11.3 Å². The fourth-order valence-corrected chi connectivity index (χ4v) is 4.13. The van der Waals surface area contributed by atoms with E-state index in [1.807, 2.05) is 40.6 Å². The molecule has 0 radical (unpaired) electrons. The molecule has 27 heavy (non-hydrogen) atoms. The highest BCUT2D eigenvalue weighted by Gasteiger charge is 2.18. The molecule has 4 rings (SSSR count). The Bertz CT molecular complexity index is 1150. The molecule has 0 amide bonds. The predicted octanol–water partition coefficient (Wildman–Crippen LogP) is 3.74. The maximum Gasteiger partial charge on any atom is 0.349 e. The van der Waals surface area contributed by atoms with Crippen LogP contribution in [-0.4, -0.2) is 37.5 Å².